The number of primary amides is 1. The maximum Gasteiger partial charge on any atom is 0.293 e. The first-order valence-corrected chi connectivity index (χ1v) is 9.12. The first-order chi connectivity index (χ1) is 12.4. The van der Waals surface area contributed by atoms with Crippen LogP contribution in [0.4, 0.5) is 5.13 Å². The van der Waals surface area contributed by atoms with Gasteiger partial charge in [-0.3, -0.25) is 14.9 Å². The second-order valence-corrected chi connectivity index (χ2v) is 6.81. The van der Waals surface area contributed by atoms with Crippen LogP contribution in [0.1, 0.15) is 45.8 Å². The number of carbonyl (C=O) groups is 2. The number of rotatable bonds is 6. The van der Waals surface area contributed by atoms with Crippen LogP contribution in [0.15, 0.2) is 28.0 Å². The highest BCUT2D eigenvalue weighted by Crippen LogP contribution is 2.30. The summed E-state index contributed by atoms with van der Waals surface area (Å²) in [5.74, 6) is -1.24. The smallest absolute Gasteiger partial charge is 0.293 e. The van der Waals surface area contributed by atoms with Crippen molar-refractivity contribution in [3.63, 3.8) is 0 Å². The summed E-state index contributed by atoms with van der Waals surface area (Å²) in [5.41, 5.74) is 9.34. The zero-order valence-electron chi connectivity index (χ0n) is 14.8. The van der Waals surface area contributed by atoms with E-state index in [0.29, 0.717) is 5.13 Å². The van der Waals surface area contributed by atoms with Gasteiger partial charge in [-0.1, -0.05) is 6.92 Å². The molecule has 0 aromatic carbocycles. The lowest BCUT2D eigenvalue weighted by Gasteiger charge is -2.07. The Morgan fingerprint density at radius 1 is 1.31 bits per heavy atom. The molecule has 136 valence electrons. The maximum absolute atomic E-state index is 12.2. The quantitative estimate of drug-likeness (QED) is 0.690. The zero-order chi connectivity index (χ0) is 18.8. The monoisotopic (exact) mass is 372 g/mol. The molecule has 26 heavy (non-hydrogen) atoms. The van der Waals surface area contributed by atoms with Gasteiger partial charge in [-0.2, -0.15) is 0 Å². The topological polar surface area (TPSA) is 103 Å². The highest BCUT2D eigenvalue weighted by molar-refractivity contribution is 7.14. The number of anilines is 1. The molecule has 0 spiro atoms. The molecule has 0 fully saturated rings. The molecule has 3 aromatic rings. The summed E-state index contributed by atoms with van der Waals surface area (Å²) in [6.07, 6.45) is 1.06. The Morgan fingerprint density at radius 3 is 2.69 bits per heavy atom. The summed E-state index contributed by atoms with van der Waals surface area (Å²) >= 11 is 1.33. The Labute approximate surface area is 154 Å². The lowest BCUT2D eigenvalue weighted by Crippen LogP contribution is -2.12. The minimum Gasteiger partial charge on any atom is -0.446 e. The fraction of sp³-hybridized carbons (Fsp3) is 0.278. The van der Waals surface area contributed by atoms with Crippen molar-refractivity contribution < 1.29 is 14.0 Å². The van der Waals surface area contributed by atoms with Gasteiger partial charge in [0.25, 0.3) is 11.8 Å². The number of furan rings is 1. The third-order valence-electron chi connectivity index (χ3n) is 4.09. The van der Waals surface area contributed by atoms with E-state index in [1.54, 1.807) is 0 Å². The average molecular weight is 372 g/mol. The molecule has 0 aliphatic rings. The van der Waals surface area contributed by atoms with Crippen LogP contribution in [0.5, 0.6) is 0 Å². The molecule has 0 aliphatic heterocycles. The number of nitrogens with zero attached hydrogens (tertiary/aromatic N) is 2. The number of carbonyl (C=O) groups excluding carboxylic acids is 2. The zero-order valence-corrected chi connectivity index (χ0v) is 15.6. The molecule has 0 saturated heterocycles. The van der Waals surface area contributed by atoms with Gasteiger partial charge >= 0.3 is 0 Å². The van der Waals surface area contributed by atoms with Crippen molar-refractivity contribution in [2.24, 2.45) is 5.73 Å². The van der Waals surface area contributed by atoms with Crippen LogP contribution in [-0.4, -0.2) is 21.4 Å². The van der Waals surface area contributed by atoms with E-state index in [2.05, 4.69) is 41.7 Å². The molecule has 0 bridgehead atoms. The van der Waals surface area contributed by atoms with Gasteiger partial charge in [0, 0.05) is 28.9 Å². The van der Waals surface area contributed by atoms with Crippen molar-refractivity contribution in [2.45, 2.75) is 33.7 Å². The van der Waals surface area contributed by atoms with Crippen LogP contribution in [0.3, 0.4) is 0 Å². The lowest BCUT2D eigenvalue weighted by atomic mass is 10.2. The number of hydrogen-bond donors (Lipinski definition) is 2. The minimum absolute atomic E-state index is 0.0108. The van der Waals surface area contributed by atoms with E-state index in [1.807, 2.05) is 5.38 Å². The Kier molecular flexibility index (Phi) is 4.94. The Bertz CT molecular complexity index is 967. The molecule has 3 aromatic heterocycles. The largest absolute Gasteiger partial charge is 0.446 e. The highest BCUT2D eigenvalue weighted by atomic mass is 32.1. The van der Waals surface area contributed by atoms with Crippen molar-refractivity contribution in [1.29, 1.82) is 0 Å². The van der Waals surface area contributed by atoms with Crippen molar-refractivity contribution in [3.8, 4) is 11.3 Å². The fourth-order valence-electron chi connectivity index (χ4n) is 2.83. The third-order valence-corrected chi connectivity index (χ3v) is 4.85. The van der Waals surface area contributed by atoms with Crippen LogP contribution in [-0.2, 0) is 6.54 Å². The molecule has 0 aliphatic carbocycles. The maximum atomic E-state index is 12.2. The average Bonchev–Trinajstić information content (AvgIpc) is 3.30. The number of amides is 2. The predicted octanol–water partition coefficient (Wildman–Crippen LogP) is 3.58. The molecule has 0 saturated carbocycles. The number of nitrogens with two attached hydrogens (primary N) is 1. The highest BCUT2D eigenvalue weighted by Gasteiger charge is 2.17. The first-order valence-electron chi connectivity index (χ1n) is 8.24. The summed E-state index contributed by atoms with van der Waals surface area (Å²) in [7, 11) is 0. The summed E-state index contributed by atoms with van der Waals surface area (Å²) in [6.45, 7) is 7.26. The molecule has 0 radical (unpaired) electrons. The van der Waals surface area contributed by atoms with E-state index in [1.165, 1.54) is 29.2 Å². The summed E-state index contributed by atoms with van der Waals surface area (Å²) in [6, 6.07) is 4.88. The normalized spacial score (nSPS) is 10.9. The molecule has 0 atom stereocenters. The van der Waals surface area contributed by atoms with Crippen LogP contribution in [0.25, 0.3) is 11.3 Å². The minimum atomic E-state index is -0.719. The SMILES string of the molecule is CCCn1c(C)cc(-c2csc(NC(=O)c3ccc(C(N)=O)o3)n2)c1C. The van der Waals surface area contributed by atoms with Crippen molar-refractivity contribution in [1.82, 2.24) is 9.55 Å². The van der Waals surface area contributed by atoms with E-state index < -0.39 is 11.8 Å². The van der Waals surface area contributed by atoms with E-state index in [0.717, 1.165) is 29.9 Å². The number of nitrogens with one attached hydrogen (secondary N) is 1. The molecule has 7 nitrogen and oxygen atoms in total. The lowest BCUT2D eigenvalue weighted by molar-refractivity contribution is 0.0960. The van der Waals surface area contributed by atoms with Gasteiger partial charge in [0.2, 0.25) is 0 Å². The number of thiazole rings is 1. The molecule has 8 heteroatoms. The van der Waals surface area contributed by atoms with Gasteiger partial charge < -0.3 is 14.7 Å². The van der Waals surface area contributed by atoms with E-state index >= 15 is 0 Å². The molecule has 0 unspecified atom stereocenters. The fourth-order valence-corrected chi connectivity index (χ4v) is 3.54. The number of aryl methyl sites for hydroxylation is 1. The molecular formula is C18H20N4O3S. The molecule has 3 heterocycles. The van der Waals surface area contributed by atoms with Crippen molar-refractivity contribution in [3.05, 3.63) is 46.5 Å². The van der Waals surface area contributed by atoms with Gasteiger partial charge in [0.1, 0.15) is 0 Å². The molecule has 3 N–H and O–H groups in total. The number of hydrogen-bond acceptors (Lipinski definition) is 5. The first kappa shape index (κ1) is 17.9. The van der Waals surface area contributed by atoms with Gasteiger partial charge in [-0.05, 0) is 38.5 Å². The van der Waals surface area contributed by atoms with E-state index in [4.69, 9.17) is 10.2 Å². The summed E-state index contributed by atoms with van der Waals surface area (Å²) < 4.78 is 7.39. The molecule has 2 amide bonds. The predicted molar refractivity (Wildman–Crippen MR) is 100 cm³/mol. The summed E-state index contributed by atoms with van der Waals surface area (Å²) in [4.78, 5) is 27.8. The van der Waals surface area contributed by atoms with Gasteiger partial charge in [0.05, 0.1) is 5.69 Å². The van der Waals surface area contributed by atoms with E-state index in [-0.39, 0.29) is 11.5 Å². The van der Waals surface area contributed by atoms with Gasteiger partial charge in [-0.15, -0.1) is 11.3 Å². The third kappa shape index (κ3) is 3.41. The summed E-state index contributed by atoms with van der Waals surface area (Å²) in [5, 5.41) is 5.05. The Morgan fingerprint density at radius 2 is 2.04 bits per heavy atom. The van der Waals surface area contributed by atoms with E-state index in [9.17, 15) is 9.59 Å². The standard InChI is InChI=1S/C18H20N4O3S/c1-4-7-22-10(2)8-12(11(22)3)13-9-26-18(20-13)21-17(24)15-6-5-14(25-15)16(19)23/h5-6,8-9H,4,7H2,1-3H3,(H2,19,23)(H,20,21,24). The molecular weight excluding hydrogens is 352 g/mol. The van der Waals surface area contributed by atoms with Gasteiger partial charge in [0.15, 0.2) is 16.7 Å². The second-order valence-electron chi connectivity index (χ2n) is 5.96. The Balaban J connectivity index is 1.78. The van der Waals surface area contributed by atoms with Crippen molar-refractivity contribution in [2.75, 3.05) is 5.32 Å². The second kappa shape index (κ2) is 7.17. The number of aromatic nitrogens is 2. The van der Waals surface area contributed by atoms with Crippen LogP contribution < -0.4 is 11.1 Å². The van der Waals surface area contributed by atoms with Gasteiger partial charge in [-0.25, -0.2) is 4.98 Å². The van der Waals surface area contributed by atoms with Crippen molar-refractivity contribution >= 4 is 28.3 Å². The van der Waals surface area contributed by atoms with Crippen LogP contribution >= 0.6 is 11.3 Å². The van der Waals surface area contributed by atoms with Crippen LogP contribution in [0.2, 0.25) is 0 Å². The van der Waals surface area contributed by atoms with Crippen LogP contribution in [0, 0.1) is 13.8 Å². The molecule has 3 rings (SSSR count). The Hall–Kier alpha value is -2.87.